The third-order valence-corrected chi connectivity index (χ3v) is 2.94. The molecule has 0 aliphatic carbocycles. The molecule has 0 unspecified atom stereocenters. The standard InChI is InChI=1S/C12H16F3N3O/c1-2-16-7-10-8-19-11(17-10)18-5-3-9(4-6-18)12(13,14)15/h3,8,16H,2,4-7H2,1H3. The average molecular weight is 275 g/mol. The summed E-state index contributed by atoms with van der Waals surface area (Å²) in [6.07, 6.45) is -1.54. The number of oxazole rings is 1. The van der Waals surface area contributed by atoms with E-state index in [2.05, 4.69) is 10.3 Å². The zero-order valence-electron chi connectivity index (χ0n) is 10.6. The van der Waals surface area contributed by atoms with E-state index in [1.165, 1.54) is 12.3 Å². The van der Waals surface area contributed by atoms with Crippen molar-refractivity contribution in [3.8, 4) is 0 Å². The Balaban J connectivity index is 1.97. The Labute approximate surface area is 109 Å². The molecule has 0 saturated heterocycles. The first-order valence-corrected chi connectivity index (χ1v) is 6.17. The van der Waals surface area contributed by atoms with Crippen LogP contribution in [0.15, 0.2) is 22.3 Å². The Hall–Kier alpha value is -1.50. The van der Waals surface area contributed by atoms with Crippen molar-refractivity contribution in [2.45, 2.75) is 26.1 Å². The Kier molecular flexibility index (Phi) is 4.14. The smallest absolute Gasteiger partial charge is 0.412 e. The predicted molar refractivity (Wildman–Crippen MR) is 64.9 cm³/mol. The minimum absolute atomic E-state index is 0.0333. The van der Waals surface area contributed by atoms with E-state index in [-0.39, 0.29) is 19.5 Å². The number of halogens is 3. The van der Waals surface area contributed by atoms with E-state index in [0.717, 1.165) is 12.2 Å². The average Bonchev–Trinajstić information content (AvgIpc) is 2.84. The van der Waals surface area contributed by atoms with E-state index in [1.54, 1.807) is 4.90 Å². The van der Waals surface area contributed by atoms with Gasteiger partial charge in [-0.25, -0.2) is 0 Å². The Morgan fingerprint density at radius 2 is 2.26 bits per heavy atom. The molecule has 1 aromatic heterocycles. The van der Waals surface area contributed by atoms with Crippen LogP contribution in [-0.2, 0) is 6.54 Å². The number of nitrogens with one attached hydrogen (secondary N) is 1. The van der Waals surface area contributed by atoms with Crippen LogP contribution in [0.3, 0.4) is 0 Å². The predicted octanol–water partition coefficient (Wildman–Crippen LogP) is 2.48. The molecule has 0 bridgehead atoms. The second-order valence-corrected chi connectivity index (χ2v) is 4.32. The highest BCUT2D eigenvalue weighted by Crippen LogP contribution is 2.31. The molecule has 1 aromatic rings. The maximum absolute atomic E-state index is 12.5. The van der Waals surface area contributed by atoms with Crippen LogP contribution in [0, 0.1) is 0 Å². The van der Waals surface area contributed by atoms with Crippen molar-refractivity contribution in [1.29, 1.82) is 0 Å². The molecule has 4 nitrogen and oxygen atoms in total. The van der Waals surface area contributed by atoms with Gasteiger partial charge in [-0.2, -0.15) is 18.2 Å². The van der Waals surface area contributed by atoms with Crippen LogP contribution in [0.2, 0.25) is 0 Å². The van der Waals surface area contributed by atoms with E-state index in [1.807, 2.05) is 6.92 Å². The van der Waals surface area contributed by atoms with Crippen LogP contribution in [0.4, 0.5) is 19.2 Å². The first kappa shape index (κ1) is 13.9. The molecule has 0 aromatic carbocycles. The molecule has 0 amide bonds. The van der Waals surface area contributed by atoms with Gasteiger partial charge in [0.1, 0.15) is 6.26 Å². The van der Waals surface area contributed by atoms with Gasteiger partial charge in [0.25, 0.3) is 6.01 Å². The summed E-state index contributed by atoms with van der Waals surface area (Å²) in [4.78, 5) is 5.94. The first-order valence-electron chi connectivity index (χ1n) is 6.17. The quantitative estimate of drug-likeness (QED) is 0.857. The van der Waals surface area contributed by atoms with E-state index < -0.39 is 11.7 Å². The summed E-state index contributed by atoms with van der Waals surface area (Å²) < 4.78 is 42.7. The minimum atomic E-state index is -4.22. The molecule has 2 heterocycles. The van der Waals surface area contributed by atoms with E-state index >= 15 is 0 Å². The molecule has 2 rings (SSSR count). The van der Waals surface area contributed by atoms with Crippen molar-refractivity contribution in [3.05, 3.63) is 23.6 Å². The van der Waals surface area contributed by atoms with Crippen molar-refractivity contribution in [3.63, 3.8) is 0 Å². The molecular formula is C12H16F3N3O. The third kappa shape index (κ3) is 3.50. The van der Waals surface area contributed by atoms with Gasteiger partial charge in [0.15, 0.2) is 0 Å². The van der Waals surface area contributed by atoms with Gasteiger partial charge in [-0.1, -0.05) is 13.0 Å². The highest BCUT2D eigenvalue weighted by molar-refractivity contribution is 5.33. The van der Waals surface area contributed by atoms with Crippen molar-refractivity contribution in [1.82, 2.24) is 10.3 Å². The Morgan fingerprint density at radius 3 is 2.84 bits per heavy atom. The second-order valence-electron chi connectivity index (χ2n) is 4.32. The Bertz CT molecular complexity index is 453. The lowest BCUT2D eigenvalue weighted by atomic mass is 10.1. The van der Waals surface area contributed by atoms with Crippen LogP contribution in [0.5, 0.6) is 0 Å². The van der Waals surface area contributed by atoms with E-state index in [9.17, 15) is 13.2 Å². The van der Waals surface area contributed by atoms with Gasteiger partial charge in [-0.15, -0.1) is 0 Å². The summed E-state index contributed by atoms with van der Waals surface area (Å²) >= 11 is 0. The molecule has 0 atom stereocenters. The lowest BCUT2D eigenvalue weighted by molar-refractivity contribution is -0.0944. The molecule has 7 heteroatoms. The van der Waals surface area contributed by atoms with Gasteiger partial charge >= 0.3 is 6.18 Å². The van der Waals surface area contributed by atoms with Crippen molar-refractivity contribution < 1.29 is 17.6 Å². The third-order valence-electron chi connectivity index (χ3n) is 2.94. The van der Waals surface area contributed by atoms with Gasteiger partial charge in [0.2, 0.25) is 0 Å². The zero-order valence-corrected chi connectivity index (χ0v) is 10.6. The zero-order chi connectivity index (χ0) is 13.9. The SMILES string of the molecule is CCNCc1coc(N2CC=C(C(F)(F)F)CC2)n1. The number of hydrogen-bond acceptors (Lipinski definition) is 4. The highest BCUT2D eigenvalue weighted by atomic mass is 19.4. The van der Waals surface area contributed by atoms with Crippen molar-refractivity contribution in [2.24, 2.45) is 0 Å². The summed E-state index contributed by atoms with van der Waals surface area (Å²) in [5.41, 5.74) is 0.283. The summed E-state index contributed by atoms with van der Waals surface area (Å²) in [5.74, 6) is 0. The molecule has 0 radical (unpaired) electrons. The van der Waals surface area contributed by atoms with Crippen molar-refractivity contribution >= 4 is 6.01 Å². The lowest BCUT2D eigenvalue weighted by Crippen LogP contribution is -2.32. The first-order chi connectivity index (χ1) is 9.00. The fourth-order valence-electron chi connectivity index (χ4n) is 1.88. The monoisotopic (exact) mass is 275 g/mol. The summed E-state index contributed by atoms with van der Waals surface area (Å²) in [6.45, 7) is 3.85. The molecule has 1 aliphatic rings. The molecule has 0 saturated carbocycles. The maximum Gasteiger partial charge on any atom is 0.412 e. The van der Waals surface area contributed by atoms with Crippen molar-refractivity contribution in [2.75, 3.05) is 24.5 Å². The van der Waals surface area contributed by atoms with Gasteiger partial charge in [-0.05, 0) is 13.0 Å². The lowest BCUT2D eigenvalue weighted by Gasteiger charge is -2.25. The van der Waals surface area contributed by atoms with Crippen LogP contribution >= 0.6 is 0 Å². The largest absolute Gasteiger partial charge is 0.432 e. The van der Waals surface area contributed by atoms with Crippen LogP contribution in [0.25, 0.3) is 0 Å². The number of alkyl halides is 3. The highest BCUT2D eigenvalue weighted by Gasteiger charge is 2.35. The van der Waals surface area contributed by atoms with Gasteiger partial charge < -0.3 is 14.6 Å². The number of aromatic nitrogens is 1. The molecular weight excluding hydrogens is 259 g/mol. The van der Waals surface area contributed by atoms with Gasteiger partial charge in [0.05, 0.1) is 5.69 Å². The second kappa shape index (κ2) is 5.64. The van der Waals surface area contributed by atoms with Crippen LogP contribution in [0.1, 0.15) is 19.0 Å². The summed E-state index contributed by atoms with van der Waals surface area (Å²) in [5, 5.41) is 3.11. The maximum atomic E-state index is 12.5. The summed E-state index contributed by atoms with van der Waals surface area (Å²) in [6, 6.07) is 0.380. The van der Waals surface area contributed by atoms with E-state index in [0.29, 0.717) is 12.6 Å². The van der Waals surface area contributed by atoms with Gasteiger partial charge in [0, 0.05) is 25.2 Å². The number of anilines is 1. The molecule has 106 valence electrons. The Morgan fingerprint density at radius 1 is 1.47 bits per heavy atom. The van der Waals surface area contributed by atoms with Crippen LogP contribution in [-0.4, -0.2) is 30.8 Å². The topological polar surface area (TPSA) is 41.3 Å². The molecule has 0 fully saturated rings. The summed E-state index contributed by atoms with van der Waals surface area (Å²) in [7, 11) is 0. The van der Waals surface area contributed by atoms with E-state index in [4.69, 9.17) is 4.42 Å². The fourth-order valence-corrected chi connectivity index (χ4v) is 1.88. The fraction of sp³-hybridized carbons (Fsp3) is 0.583. The number of nitrogens with zero attached hydrogens (tertiary/aromatic N) is 2. The van der Waals surface area contributed by atoms with Gasteiger partial charge in [-0.3, -0.25) is 0 Å². The number of hydrogen-bond donors (Lipinski definition) is 1. The molecule has 19 heavy (non-hydrogen) atoms. The van der Waals surface area contributed by atoms with Crippen LogP contribution < -0.4 is 10.2 Å². The molecule has 1 N–H and O–H groups in total. The molecule has 0 spiro atoms. The molecule has 1 aliphatic heterocycles. The normalized spacial score (nSPS) is 16.6. The minimum Gasteiger partial charge on any atom is -0.432 e. The number of rotatable bonds is 4.